The Hall–Kier alpha value is -1.59. The van der Waals surface area contributed by atoms with Crippen LogP contribution in [0.2, 0.25) is 0 Å². The topological polar surface area (TPSA) is 57.6 Å². The van der Waals surface area contributed by atoms with Gasteiger partial charge in [0.15, 0.2) is 0 Å². The van der Waals surface area contributed by atoms with Crippen molar-refractivity contribution < 1.29 is 9.47 Å². The van der Waals surface area contributed by atoms with Gasteiger partial charge >= 0.3 is 0 Å². The molecule has 0 bridgehead atoms. The third kappa shape index (κ3) is 2.63. The zero-order chi connectivity index (χ0) is 15.5. The second-order valence-corrected chi connectivity index (χ2v) is 4.85. The molecule has 0 unspecified atom stereocenters. The third-order valence-corrected chi connectivity index (χ3v) is 3.74. The Balaban J connectivity index is 2.56. The summed E-state index contributed by atoms with van der Waals surface area (Å²) in [7, 11) is 0. The molecule has 0 aromatic heterocycles. The Bertz CT molecular complexity index is 506. The van der Waals surface area contributed by atoms with Crippen LogP contribution in [0.25, 0.3) is 0 Å². The predicted octanol–water partition coefficient (Wildman–Crippen LogP) is 2.64. The van der Waals surface area contributed by atoms with Crippen LogP contribution in [0.15, 0.2) is 18.2 Å². The lowest BCUT2D eigenvalue weighted by Crippen LogP contribution is -2.44. The van der Waals surface area contributed by atoms with Gasteiger partial charge in [0.1, 0.15) is 5.84 Å². The van der Waals surface area contributed by atoms with Crippen LogP contribution in [0.4, 0.5) is 5.69 Å². The Labute approximate surface area is 126 Å². The van der Waals surface area contributed by atoms with Gasteiger partial charge in [0, 0.05) is 37.6 Å². The summed E-state index contributed by atoms with van der Waals surface area (Å²) in [4.78, 5) is 2.24. The van der Waals surface area contributed by atoms with E-state index in [1.807, 2.05) is 26.0 Å². The smallest absolute Gasteiger partial charge is 0.279 e. The van der Waals surface area contributed by atoms with E-state index in [-0.39, 0.29) is 0 Å². The van der Waals surface area contributed by atoms with Gasteiger partial charge in [0.2, 0.25) is 0 Å². The van der Waals surface area contributed by atoms with E-state index in [9.17, 15) is 0 Å². The molecule has 0 fully saturated rings. The number of hydrogen-bond donors (Lipinski definition) is 2. The van der Waals surface area contributed by atoms with Gasteiger partial charge in [-0.15, -0.1) is 0 Å². The average Bonchev–Trinajstić information content (AvgIpc) is 2.75. The van der Waals surface area contributed by atoms with Crippen LogP contribution in [-0.2, 0) is 15.4 Å². The van der Waals surface area contributed by atoms with E-state index in [0.717, 1.165) is 29.9 Å². The number of anilines is 1. The van der Waals surface area contributed by atoms with Crippen LogP contribution in [0.1, 0.15) is 38.8 Å². The third-order valence-electron chi connectivity index (χ3n) is 3.74. The molecule has 5 nitrogen and oxygen atoms in total. The fourth-order valence-electron chi connectivity index (χ4n) is 2.88. The lowest BCUT2D eigenvalue weighted by molar-refractivity contribution is -0.249. The Morgan fingerprint density at radius 1 is 1.10 bits per heavy atom. The fraction of sp³-hybridized carbons (Fsp3) is 0.562. The van der Waals surface area contributed by atoms with Crippen molar-refractivity contribution in [1.82, 2.24) is 5.32 Å². The number of fused-ring (bicyclic) bond motifs is 1. The zero-order valence-electron chi connectivity index (χ0n) is 13.3. The number of amidine groups is 1. The maximum Gasteiger partial charge on any atom is 0.279 e. The van der Waals surface area contributed by atoms with Gasteiger partial charge in [-0.1, -0.05) is 12.1 Å². The lowest BCUT2D eigenvalue weighted by atomic mass is 10.0. The first-order valence-corrected chi connectivity index (χ1v) is 7.66. The molecule has 1 aromatic rings. The van der Waals surface area contributed by atoms with E-state index in [4.69, 9.17) is 14.9 Å². The Morgan fingerprint density at radius 3 is 2.24 bits per heavy atom. The van der Waals surface area contributed by atoms with Gasteiger partial charge in [0.05, 0.1) is 5.56 Å². The summed E-state index contributed by atoms with van der Waals surface area (Å²) in [6.45, 7) is 10.9. The second kappa shape index (κ2) is 6.45. The maximum absolute atomic E-state index is 8.33. The van der Waals surface area contributed by atoms with E-state index >= 15 is 0 Å². The normalized spacial score (nSPS) is 15.7. The number of nitrogens with zero attached hydrogens (tertiary/aromatic N) is 1. The molecule has 0 spiro atoms. The van der Waals surface area contributed by atoms with Gasteiger partial charge in [-0.3, -0.25) is 5.41 Å². The van der Waals surface area contributed by atoms with E-state index in [1.54, 1.807) is 0 Å². The van der Waals surface area contributed by atoms with Gasteiger partial charge < -0.3 is 19.7 Å². The predicted molar refractivity (Wildman–Crippen MR) is 84.9 cm³/mol. The largest absolute Gasteiger partial charge is 0.371 e. The number of benzene rings is 1. The van der Waals surface area contributed by atoms with E-state index in [1.165, 1.54) is 0 Å². The van der Waals surface area contributed by atoms with Crippen molar-refractivity contribution >= 4 is 11.5 Å². The molecule has 0 saturated carbocycles. The van der Waals surface area contributed by atoms with E-state index in [0.29, 0.717) is 19.0 Å². The standard InChI is InChI=1S/C16H25N3O2/c1-5-19(6-2)13-11-9-10-12-14(13)15(17)18-16(12,20-7-3)21-8-4/h9-11H,5-8H2,1-4H3,(H2,17,18). The molecular weight excluding hydrogens is 266 g/mol. The van der Waals surface area contributed by atoms with Crippen LogP contribution in [0, 0.1) is 5.41 Å². The molecule has 2 rings (SSSR count). The van der Waals surface area contributed by atoms with Crippen molar-refractivity contribution in [1.29, 1.82) is 5.41 Å². The summed E-state index contributed by atoms with van der Waals surface area (Å²) < 4.78 is 11.7. The summed E-state index contributed by atoms with van der Waals surface area (Å²) >= 11 is 0. The first kappa shape index (κ1) is 15.8. The van der Waals surface area contributed by atoms with Crippen LogP contribution in [0.3, 0.4) is 0 Å². The van der Waals surface area contributed by atoms with Crippen LogP contribution >= 0.6 is 0 Å². The summed E-state index contributed by atoms with van der Waals surface area (Å²) in [5.41, 5.74) is 2.82. The van der Waals surface area contributed by atoms with Gasteiger partial charge in [-0.05, 0) is 33.8 Å². The molecular formula is C16H25N3O2. The summed E-state index contributed by atoms with van der Waals surface area (Å²) in [6, 6.07) is 6.03. The molecule has 1 aliphatic heterocycles. The molecule has 0 amide bonds. The summed E-state index contributed by atoms with van der Waals surface area (Å²) in [5, 5.41) is 11.4. The van der Waals surface area contributed by atoms with Crippen molar-refractivity contribution in [3.8, 4) is 0 Å². The molecule has 1 heterocycles. The molecule has 1 aliphatic rings. The highest BCUT2D eigenvalue weighted by molar-refractivity contribution is 6.06. The van der Waals surface area contributed by atoms with Crippen molar-refractivity contribution in [2.24, 2.45) is 0 Å². The first-order chi connectivity index (χ1) is 10.1. The van der Waals surface area contributed by atoms with Crippen molar-refractivity contribution in [3.63, 3.8) is 0 Å². The number of nitrogens with one attached hydrogen (secondary N) is 2. The van der Waals surface area contributed by atoms with Crippen molar-refractivity contribution in [2.45, 2.75) is 33.6 Å². The van der Waals surface area contributed by atoms with E-state index < -0.39 is 5.91 Å². The lowest BCUT2D eigenvalue weighted by Gasteiger charge is -2.30. The average molecular weight is 291 g/mol. The Kier molecular flexibility index (Phi) is 4.85. The van der Waals surface area contributed by atoms with Crippen molar-refractivity contribution in [2.75, 3.05) is 31.2 Å². The molecule has 116 valence electrons. The summed E-state index contributed by atoms with van der Waals surface area (Å²) in [5.74, 6) is -0.673. The molecule has 1 aromatic carbocycles. The minimum Gasteiger partial charge on any atom is -0.371 e. The minimum atomic E-state index is -1.03. The number of rotatable bonds is 7. The molecule has 21 heavy (non-hydrogen) atoms. The first-order valence-electron chi connectivity index (χ1n) is 7.66. The van der Waals surface area contributed by atoms with Crippen LogP contribution in [-0.4, -0.2) is 32.1 Å². The molecule has 0 radical (unpaired) electrons. The van der Waals surface area contributed by atoms with E-state index in [2.05, 4.69) is 30.1 Å². The second-order valence-electron chi connectivity index (χ2n) is 4.85. The zero-order valence-corrected chi connectivity index (χ0v) is 13.3. The van der Waals surface area contributed by atoms with Gasteiger partial charge in [-0.2, -0.15) is 0 Å². The van der Waals surface area contributed by atoms with Crippen molar-refractivity contribution in [3.05, 3.63) is 29.3 Å². The SMILES string of the molecule is CCOC1(OCC)NC(=N)c2c(N(CC)CC)cccc21. The maximum atomic E-state index is 8.33. The molecule has 0 saturated heterocycles. The van der Waals surface area contributed by atoms with Gasteiger partial charge in [0.25, 0.3) is 5.91 Å². The van der Waals surface area contributed by atoms with Crippen LogP contribution < -0.4 is 10.2 Å². The summed E-state index contributed by atoms with van der Waals surface area (Å²) in [6.07, 6.45) is 0. The quantitative estimate of drug-likeness (QED) is 0.758. The number of hydrogen-bond acceptors (Lipinski definition) is 4. The number of ether oxygens (including phenoxy) is 2. The molecule has 0 aliphatic carbocycles. The highest BCUT2D eigenvalue weighted by Crippen LogP contribution is 2.38. The molecule has 5 heteroatoms. The highest BCUT2D eigenvalue weighted by Gasteiger charge is 2.45. The molecule has 2 N–H and O–H groups in total. The van der Waals surface area contributed by atoms with Crippen LogP contribution in [0.5, 0.6) is 0 Å². The highest BCUT2D eigenvalue weighted by atomic mass is 16.7. The minimum absolute atomic E-state index is 0.356. The monoisotopic (exact) mass is 291 g/mol. The fourth-order valence-corrected chi connectivity index (χ4v) is 2.88. The molecule has 0 atom stereocenters. The Morgan fingerprint density at radius 2 is 1.71 bits per heavy atom. The van der Waals surface area contributed by atoms with Gasteiger partial charge in [-0.25, -0.2) is 0 Å².